The van der Waals surface area contributed by atoms with Crippen LogP contribution in [0, 0.1) is 6.92 Å². The van der Waals surface area contributed by atoms with Gasteiger partial charge in [-0.2, -0.15) is 5.10 Å². The first-order valence-corrected chi connectivity index (χ1v) is 8.24. The summed E-state index contributed by atoms with van der Waals surface area (Å²) < 4.78 is 9.78. The number of imidazole rings is 1. The number of aromatic nitrogens is 4. The molecule has 0 fully saturated rings. The third-order valence-electron chi connectivity index (χ3n) is 3.60. The van der Waals surface area contributed by atoms with Gasteiger partial charge in [0.2, 0.25) is 0 Å². The Balaban J connectivity index is 2.07. The molecule has 2 heterocycles. The molecule has 21 heavy (non-hydrogen) atoms. The summed E-state index contributed by atoms with van der Waals surface area (Å²) in [5, 5.41) is 4.45. The van der Waals surface area contributed by atoms with Crippen molar-refractivity contribution in [1.29, 1.82) is 0 Å². The van der Waals surface area contributed by atoms with Crippen molar-refractivity contribution in [1.82, 2.24) is 19.3 Å². The SMILES string of the molecule is CCCCOCCCn1c(CCCl)nc2c(C)nn(C)c21. The van der Waals surface area contributed by atoms with Gasteiger partial charge in [0.25, 0.3) is 0 Å². The largest absolute Gasteiger partial charge is 0.381 e. The lowest BCUT2D eigenvalue weighted by Gasteiger charge is -2.09. The third kappa shape index (κ3) is 3.77. The van der Waals surface area contributed by atoms with Gasteiger partial charge in [-0.1, -0.05) is 13.3 Å². The number of halogens is 1. The number of aryl methyl sites for hydroxylation is 4. The molecule has 6 heteroatoms. The maximum absolute atomic E-state index is 5.90. The van der Waals surface area contributed by atoms with Crippen molar-refractivity contribution >= 4 is 22.8 Å². The zero-order valence-electron chi connectivity index (χ0n) is 13.2. The minimum Gasteiger partial charge on any atom is -0.381 e. The Hall–Kier alpha value is -1.07. The molecule has 0 aliphatic carbocycles. The van der Waals surface area contributed by atoms with E-state index in [2.05, 4.69) is 16.6 Å². The summed E-state index contributed by atoms with van der Waals surface area (Å²) in [6.45, 7) is 6.71. The van der Waals surface area contributed by atoms with Crippen LogP contribution in [0.4, 0.5) is 0 Å². The van der Waals surface area contributed by atoms with Crippen LogP contribution >= 0.6 is 11.6 Å². The van der Waals surface area contributed by atoms with Crippen LogP contribution < -0.4 is 0 Å². The van der Waals surface area contributed by atoms with E-state index in [1.54, 1.807) is 0 Å². The fraction of sp³-hybridized carbons (Fsp3) is 0.733. The van der Waals surface area contributed by atoms with Crippen molar-refractivity contribution in [2.75, 3.05) is 19.1 Å². The topological polar surface area (TPSA) is 44.9 Å². The highest BCUT2D eigenvalue weighted by molar-refractivity contribution is 6.17. The molecule has 0 aliphatic heterocycles. The molecule has 0 saturated heterocycles. The lowest BCUT2D eigenvalue weighted by atomic mass is 10.3. The smallest absolute Gasteiger partial charge is 0.158 e. The molecular weight excluding hydrogens is 288 g/mol. The van der Waals surface area contributed by atoms with Crippen LogP contribution in [0.15, 0.2) is 0 Å². The number of nitrogens with zero attached hydrogens (tertiary/aromatic N) is 4. The summed E-state index contributed by atoms with van der Waals surface area (Å²) in [5.74, 6) is 1.63. The second-order valence-electron chi connectivity index (χ2n) is 5.32. The van der Waals surface area contributed by atoms with E-state index in [1.807, 2.05) is 18.7 Å². The fourth-order valence-electron chi connectivity index (χ4n) is 2.56. The van der Waals surface area contributed by atoms with Crippen LogP contribution in [0.5, 0.6) is 0 Å². The highest BCUT2D eigenvalue weighted by Crippen LogP contribution is 2.20. The van der Waals surface area contributed by atoms with Crippen LogP contribution in [-0.4, -0.2) is 38.4 Å². The summed E-state index contributed by atoms with van der Waals surface area (Å²) in [4.78, 5) is 4.71. The molecule has 0 atom stereocenters. The van der Waals surface area contributed by atoms with Gasteiger partial charge in [-0.15, -0.1) is 11.6 Å². The number of fused-ring (bicyclic) bond motifs is 1. The van der Waals surface area contributed by atoms with Crippen LogP contribution in [0.3, 0.4) is 0 Å². The van der Waals surface area contributed by atoms with Gasteiger partial charge in [-0.3, -0.25) is 4.68 Å². The molecule has 0 amide bonds. The maximum atomic E-state index is 5.90. The summed E-state index contributed by atoms with van der Waals surface area (Å²) in [6, 6.07) is 0. The van der Waals surface area contributed by atoms with E-state index in [4.69, 9.17) is 21.3 Å². The fourth-order valence-corrected chi connectivity index (χ4v) is 2.73. The zero-order valence-corrected chi connectivity index (χ0v) is 14.0. The maximum Gasteiger partial charge on any atom is 0.158 e. The molecule has 2 aromatic rings. The summed E-state index contributed by atoms with van der Waals surface area (Å²) in [6.07, 6.45) is 4.07. The first kappa shape index (κ1) is 16.3. The molecule has 0 unspecified atom stereocenters. The average molecular weight is 313 g/mol. The Labute approximate surface area is 131 Å². The number of ether oxygens (including phenoxy) is 1. The minimum atomic E-state index is 0.586. The molecule has 0 aliphatic rings. The van der Waals surface area contributed by atoms with Gasteiger partial charge < -0.3 is 9.30 Å². The highest BCUT2D eigenvalue weighted by atomic mass is 35.5. The Morgan fingerprint density at radius 2 is 2.00 bits per heavy atom. The first-order chi connectivity index (χ1) is 10.2. The van der Waals surface area contributed by atoms with Gasteiger partial charge in [0, 0.05) is 39.1 Å². The van der Waals surface area contributed by atoms with E-state index in [0.717, 1.165) is 61.7 Å². The standard InChI is InChI=1S/C15H25ClN4O/c1-4-5-10-21-11-6-9-20-13(7-8-16)17-14-12(2)18-19(3)15(14)20/h4-11H2,1-3H3. The predicted octanol–water partition coefficient (Wildman–Crippen LogP) is 3.07. The zero-order chi connectivity index (χ0) is 15.2. The highest BCUT2D eigenvalue weighted by Gasteiger charge is 2.16. The average Bonchev–Trinajstić information content (AvgIpc) is 2.94. The molecule has 118 valence electrons. The number of hydrogen-bond acceptors (Lipinski definition) is 3. The van der Waals surface area contributed by atoms with E-state index in [1.165, 1.54) is 6.42 Å². The van der Waals surface area contributed by atoms with Crippen molar-refractivity contribution in [3.05, 3.63) is 11.5 Å². The van der Waals surface area contributed by atoms with E-state index in [0.29, 0.717) is 5.88 Å². The van der Waals surface area contributed by atoms with Crippen LogP contribution in [0.1, 0.15) is 37.7 Å². The van der Waals surface area contributed by atoms with Gasteiger partial charge in [-0.05, 0) is 19.8 Å². The molecule has 0 bridgehead atoms. The molecule has 0 spiro atoms. The second-order valence-corrected chi connectivity index (χ2v) is 5.70. The quantitative estimate of drug-likeness (QED) is 0.528. The van der Waals surface area contributed by atoms with Crippen molar-refractivity contribution < 1.29 is 4.74 Å². The Bertz CT molecular complexity index is 576. The van der Waals surface area contributed by atoms with Crippen LogP contribution in [0.25, 0.3) is 11.2 Å². The van der Waals surface area contributed by atoms with Gasteiger partial charge in [0.1, 0.15) is 11.3 Å². The first-order valence-electron chi connectivity index (χ1n) is 7.71. The van der Waals surface area contributed by atoms with Crippen molar-refractivity contribution in [2.45, 2.75) is 46.1 Å². The van der Waals surface area contributed by atoms with Gasteiger partial charge in [0.15, 0.2) is 5.65 Å². The molecule has 2 aromatic heterocycles. The van der Waals surface area contributed by atoms with Gasteiger partial charge >= 0.3 is 0 Å². The molecule has 5 nitrogen and oxygen atoms in total. The molecule has 0 aromatic carbocycles. The normalized spacial score (nSPS) is 11.6. The van der Waals surface area contributed by atoms with Crippen molar-refractivity contribution in [2.24, 2.45) is 7.05 Å². The molecule has 0 radical (unpaired) electrons. The van der Waals surface area contributed by atoms with Crippen LogP contribution in [-0.2, 0) is 24.8 Å². The minimum absolute atomic E-state index is 0.586. The molecule has 2 rings (SSSR count). The van der Waals surface area contributed by atoms with E-state index in [9.17, 15) is 0 Å². The Morgan fingerprint density at radius 1 is 1.24 bits per heavy atom. The number of alkyl halides is 1. The lowest BCUT2D eigenvalue weighted by Crippen LogP contribution is -2.10. The Kier molecular flexibility index (Phi) is 6.06. The number of unbranched alkanes of at least 4 members (excludes halogenated alkanes) is 1. The Morgan fingerprint density at radius 3 is 2.71 bits per heavy atom. The number of hydrogen-bond donors (Lipinski definition) is 0. The summed E-state index contributed by atoms with van der Waals surface area (Å²) in [5.41, 5.74) is 3.05. The van der Waals surface area contributed by atoms with Gasteiger partial charge in [0.05, 0.1) is 5.69 Å². The van der Waals surface area contributed by atoms with E-state index >= 15 is 0 Å². The van der Waals surface area contributed by atoms with Crippen LogP contribution in [0.2, 0.25) is 0 Å². The lowest BCUT2D eigenvalue weighted by molar-refractivity contribution is 0.126. The van der Waals surface area contributed by atoms with Crippen molar-refractivity contribution in [3.8, 4) is 0 Å². The molecular formula is C15H25ClN4O. The second kappa shape index (κ2) is 7.80. The van der Waals surface area contributed by atoms with E-state index in [-0.39, 0.29) is 0 Å². The van der Waals surface area contributed by atoms with Gasteiger partial charge in [-0.25, -0.2) is 4.98 Å². The molecule has 0 N–H and O–H groups in total. The monoisotopic (exact) mass is 312 g/mol. The summed E-state index contributed by atoms with van der Waals surface area (Å²) >= 11 is 5.90. The third-order valence-corrected chi connectivity index (χ3v) is 3.79. The summed E-state index contributed by atoms with van der Waals surface area (Å²) in [7, 11) is 1.97. The van der Waals surface area contributed by atoms with E-state index < -0.39 is 0 Å². The molecule has 0 saturated carbocycles. The number of rotatable bonds is 9. The van der Waals surface area contributed by atoms with Crippen molar-refractivity contribution in [3.63, 3.8) is 0 Å². The predicted molar refractivity (Wildman–Crippen MR) is 86.0 cm³/mol.